The Kier molecular flexibility index (Phi) is 6.29. The van der Waals surface area contributed by atoms with E-state index < -0.39 is 17.7 Å². The zero-order valence-electron chi connectivity index (χ0n) is 19.9. The van der Waals surface area contributed by atoms with Crippen molar-refractivity contribution in [1.82, 2.24) is 9.88 Å². The highest BCUT2D eigenvalue weighted by molar-refractivity contribution is 6.46. The maximum Gasteiger partial charge on any atom is 0.295 e. The van der Waals surface area contributed by atoms with Gasteiger partial charge in [0.25, 0.3) is 11.7 Å². The molecule has 4 aromatic rings. The normalized spacial score (nSPS) is 17.2. The first-order valence-electron chi connectivity index (χ1n) is 11.6. The fraction of sp³-hybridized carbons (Fsp3) is 0.172. The lowest BCUT2D eigenvalue weighted by molar-refractivity contribution is -0.139. The Hall–Kier alpha value is -4.03. The third-order valence-electron chi connectivity index (χ3n) is 6.65. The molecule has 0 saturated carbocycles. The zero-order chi connectivity index (χ0) is 25.4. The largest absolute Gasteiger partial charge is 0.507 e. The van der Waals surface area contributed by atoms with Gasteiger partial charge in [0.15, 0.2) is 0 Å². The Morgan fingerprint density at radius 2 is 1.78 bits per heavy atom. The number of aromatic nitrogens is 1. The van der Waals surface area contributed by atoms with Gasteiger partial charge in [-0.15, -0.1) is 0 Å². The van der Waals surface area contributed by atoms with Crippen molar-refractivity contribution in [3.8, 4) is 5.75 Å². The van der Waals surface area contributed by atoms with Crippen molar-refractivity contribution in [1.29, 1.82) is 0 Å². The molecule has 2 heterocycles. The number of methoxy groups -OCH3 is 1. The highest BCUT2D eigenvalue weighted by atomic mass is 35.5. The van der Waals surface area contributed by atoms with E-state index in [1.54, 1.807) is 43.5 Å². The van der Waals surface area contributed by atoms with E-state index in [4.69, 9.17) is 16.3 Å². The second-order valence-electron chi connectivity index (χ2n) is 8.89. The number of halogens is 1. The van der Waals surface area contributed by atoms with Gasteiger partial charge in [-0.05, 0) is 54.8 Å². The van der Waals surface area contributed by atoms with Gasteiger partial charge in [0.1, 0.15) is 11.5 Å². The van der Waals surface area contributed by atoms with Gasteiger partial charge in [-0.25, -0.2) is 0 Å². The van der Waals surface area contributed by atoms with Crippen LogP contribution in [-0.4, -0.2) is 40.3 Å². The molecule has 36 heavy (non-hydrogen) atoms. The van der Waals surface area contributed by atoms with Crippen molar-refractivity contribution in [3.63, 3.8) is 0 Å². The average molecular weight is 501 g/mol. The second kappa shape index (κ2) is 9.55. The van der Waals surface area contributed by atoms with Gasteiger partial charge in [-0.2, -0.15) is 0 Å². The number of hydrogen-bond acceptors (Lipinski definition) is 4. The summed E-state index contributed by atoms with van der Waals surface area (Å²) in [4.78, 5) is 31.3. The van der Waals surface area contributed by atoms with Gasteiger partial charge in [-0.3, -0.25) is 9.59 Å². The van der Waals surface area contributed by atoms with Crippen LogP contribution in [0.25, 0.3) is 16.7 Å². The summed E-state index contributed by atoms with van der Waals surface area (Å²) in [5.74, 6) is -0.787. The molecule has 1 amide bonds. The molecule has 0 spiro atoms. The van der Waals surface area contributed by atoms with E-state index in [0.717, 1.165) is 27.8 Å². The molecule has 0 aliphatic carbocycles. The van der Waals surface area contributed by atoms with Crippen molar-refractivity contribution < 1.29 is 19.4 Å². The summed E-state index contributed by atoms with van der Waals surface area (Å²) in [6, 6.07) is 19.2. The number of aryl methyl sites for hydroxylation is 1. The number of carbonyl (C=O) groups excluding carboxylic acids is 2. The first kappa shape index (κ1) is 23.7. The summed E-state index contributed by atoms with van der Waals surface area (Å²) in [7, 11) is 1.62. The first-order chi connectivity index (χ1) is 17.4. The lowest BCUT2D eigenvalue weighted by Crippen LogP contribution is -2.31. The number of fused-ring (bicyclic) bond motifs is 1. The van der Waals surface area contributed by atoms with Gasteiger partial charge < -0.3 is 19.7 Å². The van der Waals surface area contributed by atoms with E-state index in [0.29, 0.717) is 22.6 Å². The summed E-state index contributed by atoms with van der Waals surface area (Å²) < 4.78 is 5.36. The van der Waals surface area contributed by atoms with Crippen LogP contribution in [0.15, 0.2) is 78.5 Å². The number of aromatic amines is 1. The predicted molar refractivity (Wildman–Crippen MR) is 140 cm³/mol. The van der Waals surface area contributed by atoms with E-state index >= 15 is 0 Å². The number of likely N-dealkylation sites (tertiary alicyclic amines) is 1. The topological polar surface area (TPSA) is 82.6 Å². The Bertz CT molecular complexity index is 1490. The number of ketones is 1. The smallest absolute Gasteiger partial charge is 0.295 e. The molecule has 1 aromatic heterocycles. The van der Waals surface area contributed by atoms with E-state index in [1.165, 1.54) is 4.90 Å². The molecular weight excluding hydrogens is 476 g/mol. The Labute approximate surface area is 213 Å². The number of amides is 1. The van der Waals surface area contributed by atoms with Crippen LogP contribution in [0.4, 0.5) is 0 Å². The second-order valence-corrected chi connectivity index (χ2v) is 9.32. The number of aliphatic hydroxyl groups is 1. The fourth-order valence-corrected chi connectivity index (χ4v) is 4.83. The molecule has 6 nitrogen and oxygen atoms in total. The highest BCUT2D eigenvalue weighted by Crippen LogP contribution is 2.40. The maximum atomic E-state index is 13.3. The number of Topliss-reactive ketones (excluding diaryl/α,β-unsaturated/α-hetero) is 1. The van der Waals surface area contributed by atoms with E-state index in [1.807, 2.05) is 43.5 Å². The molecule has 182 valence electrons. The summed E-state index contributed by atoms with van der Waals surface area (Å²) in [6.45, 7) is 2.23. The van der Waals surface area contributed by atoms with Gasteiger partial charge in [0.05, 0.1) is 18.7 Å². The van der Waals surface area contributed by atoms with Crippen LogP contribution in [0.3, 0.4) is 0 Å². The number of hydrogen-bond donors (Lipinski definition) is 2. The Morgan fingerprint density at radius 1 is 1.06 bits per heavy atom. The van der Waals surface area contributed by atoms with Crippen LogP contribution in [0.5, 0.6) is 5.75 Å². The van der Waals surface area contributed by atoms with Crippen molar-refractivity contribution in [2.24, 2.45) is 0 Å². The number of ether oxygens (including phenoxy) is 1. The van der Waals surface area contributed by atoms with Crippen molar-refractivity contribution >= 4 is 40.0 Å². The number of carbonyl (C=O) groups is 2. The number of benzene rings is 3. The number of nitrogens with zero attached hydrogens (tertiary/aromatic N) is 1. The Morgan fingerprint density at radius 3 is 2.47 bits per heavy atom. The third kappa shape index (κ3) is 4.25. The summed E-state index contributed by atoms with van der Waals surface area (Å²) in [5.41, 5.74) is 4.25. The van der Waals surface area contributed by atoms with Gasteiger partial charge in [-0.1, -0.05) is 53.6 Å². The zero-order valence-corrected chi connectivity index (χ0v) is 20.7. The molecule has 7 heteroatoms. The first-order valence-corrected chi connectivity index (χ1v) is 12.0. The lowest BCUT2D eigenvalue weighted by Gasteiger charge is -2.25. The quantitative estimate of drug-likeness (QED) is 0.199. The van der Waals surface area contributed by atoms with Crippen molar-refractivity contribution in [2.45, 2.75) is 19.4 Å². The number of rotatable bonds is 6. The van der Waals surface area contributed by atoms with Crippen molar-refractivity contribution in [2.75, 3.05) is 13.7 Å². The number of H-pyrrole nitrogens is 1. The fourth-order valence-electron chi connectivity index (χ4n) is 4.70. The molecule has 1 fully saturated rings. The molecule has 5 rings (SSSR count). The molecule has 1 unspecified atom stereocenters. The predicted octanol–water partition coefficient (Wildman–Crippen LogP) is 5.80. The third-order valence-corrected chi connectivity index (χ3v) is 6.90. The minimum Gasteiger partial charge on any atom is -0.507 e. The van der Waals surface area contributed by atoms with Crippen LogP contribution >= 0.6 is 11.6 Å². The molecule has 1 atom stereocenters. The van der Waals surface area contributed by atoms with Crippen LogP contribution in [0.2, 0.25) is 5.02 Å². The molecule has 0 radical (unpaired) electrons. The molecule has 1 saturated heterocycles. The van der Waals surface area contributed by atoms with Crippen molar-refractivity contribution in [3.05, 3.63) is 106 Å². The average Bonchev–Trinajstić information content (AvgIpc) is 3.40. The van der Waals surface area contributed by atoms with Gasteiger partial charge in [0, 0.05) is 34.2 Å². The van der Waals surface area contributed by atoms with Gasteiger partial charge >= 0.3 is 0 Å². The van der Waals surface area contributed by atoms with Crippen LogP contribution < -0.4 is 4.74 Å². The molecular formula is C29H25ClN2O4. The van der Waals surface area contributed by atoms with Crippen LogP contribution in [0.1, 0.15) is 28.3 Å². The van der Waals surface area contributed by atoms with E-state index in [9.17, 15) is 14.7 Å². The summed E-state index contributed by atoms with van der Waals surface area (Å²) in [6.07, 6.45) is 2.42. The van der Waals surface area contributed by atoms with Crippen LogP contribution in [-0.2, 0) is 16.0 Å². The highest BCUT2D eigenvalue weighted by Gasteiger charge is 2.45. The molecule has 0 bridgehead atoms. The van der Waals surface area contributed by atoms with Gasteiger partial charge in [0.2, 0.25) is 0 Å². The molecule has 1 aliphatic rings. The number of nitrogens with one attached hydrogen (secondary N) is 1. The van der Waals surface area contributed by atoms with E-state index in [-0.39, 0.29) is 17.9 Å². The Balaban J connectivity index is 1.55. The standard InChI is InChI=1S/C29H25ClN2O4/c1-17-3-5-19(6-4-17)27(33)25-26(18-7-9-21(30)10-8-18)32(29(35)28(25)34)14-13-20-16-31-24-12-11-22(36-2)15-23(20)24/h3-12,15-16,26,31,33H,13-14H2,1-2H3/b27-25-. The molecule has 2 N–H and O–H groups in total. The number of aliphatic hydroxyl groups excluding tert-OH is 1. The molecule has 3 aromatic carbocycles. The molecule has 1 aliphatic heterocycles. The lowest BCUT2D eigenvalue weighted by atomic mass is 9.95. The minimum atomic E-state index is -0.733. The minimum absolute atomic E-state index is 0.0757. The summed E-state index contributed by atoms with van der Waals surface area (Å²) in [5, 5.41) is 12.7. The monoisotopic (exact) mass is 500 g/mol. The van der Waals surface area contributed by atoms with E-state index in [2.05, 4.69) is 4.98 Å². The SMILES string of the molecule is COc1ccc2[nH]cc(CCN3C(=O)C(=O)/C(=C(\O)c4ccc(C)cc4)C3c3ccc(Cl)cc3)c2c1. The summed E-state index contributed by atoms with van der Waals surface area (Å²) >= 11 is 6.11. The van der Waals surface area contributed by atoms with Crippen LogP contribution in [0, 0.1) is 6.92 Å². The maximum absolute atomic E-state index is 13.3.